The molecule has 0 aliphatic carbocycles. The summed E-state index contributed by atoms with van der Waals surface area (Å²) in [5.41, 5.74) is 0.460. The molecular weight excluding hydrogens is 477 g/mol. The first-order valence-electron chi connectivity index (χ1n) is 10.7. The SMILES string of the molecule is OC(CN1c2ccccc2N(Cc2cc(F)cc(C(F)(F)F)c2)CC1c1ccccc1)C(F)(F)F. The van der Waals surface area contributed by atoms with Gasteiger partial charge in [0.05, 0.1) is 29.5 Å². The Bertz CT molecular complexity index is 1160. The van der Waals surface area contributed by atoms with Gasteiger partial charge in [-0.1, -0.05) is 42.5 Å². The van der Waals surface area contributed by atoms with Crippen LogP contribution in [0, 0.1) is 5.82 Å². The molecule has 10 heteroatoms. The van der Waals surface area contributed by atoms with E-state index in [-0.39, 0.29) is 18.7 Å². The number of fused-ring (bicyclic) bond motifs is 1. The molecule has 2 unspecified atom stereocenters. The van der Waals surface area contributed by atoms with Gasteiger partial charge in [-0.25, -0.2) is 4.39 Å². The van der Waals surface area contributed by atoms with Crippen LogP contribution in [0.15, 0.2) is 72.8 Å². The molecule has 0 spiro atoms. The number of para-hydroxylation sites is 2. The van der Waals surface area contributed by atoms with Crippen molar-refractivity contribution in [2.45, 2.75) is 31.0 Å². The van der Waals surface area contributed by atoms with Gasteiger partial charge in [0, 0.05) is 13.1 Å². The van der Waals surface area contributed by atoms with Gasteiger partial charge in [-0.05, 0) is 41.5 Å². The van der Waals surface area contributed by atoms with Crippen LogP contribution in [0.2, 0.25) is 0 Å². The minimum atomic E-state index is -4.83. The highest BCUT2D eigenvalue weighted by atomic mass is 19.4. The highest BCUT2D eigenvalue weighted by molar-refractivity contribution is 5.74. The molecule has 3 nitrogen and oxygen atoms in total. The standard InChI is InChI=1S/C25H21F7N2O/c26-19-11-16(10-18(12-19)24(27,28)29)13-33-14-22(17-6-2-1-3-7-17)34(15-23(35)25(30,31)32)21-9-5-4-8-20(21)33/h1-12,22-23,35H,13-15H2. The van der Waals surface area contributed by atoms with E-state index in [1.54, 1.807) is 59.5 Å². The number of alkyl halides is 6. The Morgan fingerprint density at radius 3 is 2.11 bits per heavy atom. The summed E-state index contributed by atoms with van der Waals surface area (Å²) < 4.78 is 93.3. The van der Waals surface area contributed by atoms with E-state index in [0.29, 0.717) is 23.0 Å². The summed E-state index contributed by atoms with van der Waals surface area (Å²) in [5, 5.41) is 9.84. The van der Waals surface area contributed by atoms with Gasteiger partial charge in [-0.15, -0.1) is 0 Å². The van der Waals surface area contributed by atoms with Crippen LogP contribution in [0.3, 0.4) is 0 Å². The van der Waals surface area contributed by atoms with Gasteiger partial charge in [0.25, 0.3) is 0 Å². The summed E-state index contributed by atoms with van der Waals surface area (Å²) >= 11 is 0. The zero-order chi connectivity index (χ0) is 25.4. The monoisotopic (exact) mass is 498 g/mol. The number of rotatable bonds is 5. The molecule has 3 aromatic carbocycles. The molecule has 1 aliphatic heterocycles. The minimum Gasteiger partial charge on any atom is -0.382 e. The maximum absolute atomic E-state index is 14.0. The largest absolute Gasteiger partial charge is 0.416 e. The molecule has 1 heterocycles. The van der Waals surface area contributed by atoms with Crippen LogP contribution in [-0.2, 0) is 12.7 Å². The lowest BCUT2D eigenvalue weighted by Crippen LogP contribution is -2.49. The maximum atomic E-state index is 14.0. The van der Waals surface area contributed by atoms with Crippen molar-refractivity contribution < 1.29 is 35.8 Å². The number of hydrogen-bond acceptors (Lipinski definition) is 3. The second-order valence-electron chi connectivity index (χ2n) is 8.35. The van der Waals surface area contributed by atoms with Crippen molar-refractivity contribution in [3.8, 4) is 0 Å². The Hall–Kier alpha value is -3.27. The van der Waals surface area contributed by atoms with Gasteiger partial charge in [-0.3, -0.25) is 0 Å². The number of hydrogen-bond donors (Lipinski definition) is 1. The molecule has 186 valence electrons. The molecule has 2 atom stereocenters. The molecule has 0 aromatic heterocycles. The van der Waals surface area contributed by atoms with Crippen molar-refractivity contribution in [3.05, 3.63) is 95.3 Å². The van der Waals surface area contributed by atoms with Crippen molar-refractivity contribution in [1.82, 2.24) is 0 Å². The third kappa shape index (κ3) is 5.53. The first-order chi connectivity index (χ1) is 16.4. The molecule has 4 rings (SSSR count). The molecule has 1 aliphatic rings. The number of nitrogens with zero attached hydrogens (tertiary/aromatic N) is 2. The average molecular weight is 498 g/mol. The molecule has 0 bridgehead atoms. The van der Waals surface area contributed by atoms with Crippen LogP contribution < -0.4 is 9.80 Å². The number of aliphatic hydroxyl groups excluding tert-OH is 1. The maximum Gasteiger partial charge on any atom is 0.416 e. The normalized spacial score (nSPS) is 17.3. The number of aliphatic hydroxyl groups is 1. The van der Waals surface area contributed by atoms with Gasteiger partial charge in [0.2, 0.25) is 0 Å². The van der Waals surface area contributed by atoms with E-state index in [0.717, 1.165) is 12.1 Å². The molecule has 0 saturated heterocycles. The number of benzene rings is 3. The van der Waals surface area contributed by atoms with E-state index in [1.165, 1.54) is 4.90 Å². The highest BCUT2D eigenvalue weighted by Crippen LogP contribution is 2.42. The summed E-state index contributed by atoms with van der Waals surface area (Å²) in [4.78, 5) is 3.16. The van der Waals surface area contributed by atoms with Crippen molar-refractivity contribution in [3.63, 3.8) is 0 Å². The lowest BCUT2D eigenvalue weighted by Gasteiger charge is -2.45. The molecule has 3 aromatic rings. The first kappa shape index (κ1) is 24.8. The van der Waals surface area contributed by atoms with Crippen LogP contribution in [0.1, 0.15) is 22.7 Å². The molecule has 0 amide bonds. The Kier molecular flexibility index (Phi) is 6.68. The van der Waals surface area contributed by atoms with Crippen molar-refractivity contribution >= 4 is 11.4 Å². The molecular formula is C25H21F7N2O. The van der Waals surface area contributed by atoms with Gasteiger partial charge < -0.3 is 14.9 Å². The molecule has 0 saturated carbocycles. The summed E-state index contributed by atoms with van der Waals surface area (Å²) in [5.74, 6) is -1.03. The van der Waals surface area contributed by atoms with Crippen molar-refractivity contribution in [1.29, 1.82) is 0 Å². The number of halogens is 7. The Morgan fingerprint density at radius 2 is 1.49 bits per heavy atom. The summed E-state index contributed by atoms with van der Waals surface area (Å²) in [7, 11) is 0. The topological polar surface area (TPSA) is 26.7 Å². The minimum absolute atomic E-state index is 0.0720. The quantitative estimate of drug-likeness (QED) is 0.416. The number of anilines is 2. The average Bonchev–Trinajstić information content (AvgIpc) is 2.79. The summed E-state index contributed by atoms with van der Waals surface area (Å²) in [6, 6.07) is 16.8. The lowest BCUT2D eigenvalue weighted by atomic mass is 9.98. The fraction of sp³-hybridized carbons (Fsp3) is 0.280. The molecule has 0 fully saturated rings. The van der Waals surface area contributed by atoms with Crippen LogP contribution in [0.25, 0.3) is 0 Å². The smallest absolute Gasteiger partial charge is 0.382 e. The molecule has 0 radical (unpaired) electrons. The Balaban J connectivity index is 1.76. The Morgan fingerprint density at radius 1 is 0.857 bits per heavy atom. The van der Waals surface area contributed by atoms with Gasteiger partial charge in [-0.2, -0.15) is 26.3 Å². The zero-order valence-electron chi connectivity index (χ0n) is 18.2. The fourth-order valence-electron chi connectivity index (χ4n) is 4.30. The third-order valence-electron chi connectivity index (χ3n) is 5.89. The third-order valence-corrected chi connectivity index (χ3v) is 5.89. The summed E-state index contributed by atoms with van der Waals surface area (Å²) in [6.45, 7) is -0.730. The second-order valence-corrected chi connectivity index (χ2v) is 8.35. The van der Waals surface area contributed by atoms with Crippen molar-refractivity contribution in [2.75, 3.05) is 22.9 Å². The van der Waals surface area contributed by atoms with Gasteiger partial charge in [0.15, 0.2) is 6.10 Å². The Labute approximate surface area is 197 Å². The van der Waals surface area contributed by atoms with Crippen LogP contribution in [0.4, 0.5) is 42.1 Å². The number of β-amino-alcohol motifs (C(OH)–C–C–N with tert-alkyl or cyclic N) is 1. The van der Waals surface area contributed by atoms with E-state index in [1.807, 2.05) is 0 Å². The zero-order valence-corrected chi connectivity index (χ0v) is 18.2. The van der Waals surface area contributed by atoms with Gasteiger partial charge in [0.1, 0.15) is 5.82 Å². The van der Waals surface area contributed by atoms with Crippen molar-refractivity contribution in [2.24, 2.45) is 0 Å². The van der Waals surface area contributed by atoms with E-state index in [9.17, 15) is 35.8 Å². The lowest BCUT2D eigenvalue weighted by molar-refractivity contribution is -0.200. The fourth-order valence-corrected chi connectivity index (χ4v) is 4.30. The molecule has 1 N–H and O–H groups in total. The second kappa shape index (κ2) is 9.41. The van der Waals surface area contributed by atoms with E-state index < -0.39 is 42.4 Å². The summed E-state index contributed by atoms with van der Waals surface area (Å²) in [6.07, 6.45) is -12.2. The molecule has 35 heavy (non-hydrogen) atoms. The van der Waals surface area contributed by atoms with E-state index in [4.69, 9.17) is 0 Å². The van der Waals surface area contributed by atoms with Crippen LogP contribution in [-0.4, -0.2) is 30.5 Å². The predicted molar refractivity (Wildman–Crippen MR) is 117 cm³/mol. The van der Waals surface area contributed by atoms with Gasteiger partial charge >= 0.3 is 12.4 Å². The van der Waals surface area contributed by atoms with E-state index in [2.05, 4.69) is 0 Å². The highest BCUT2D eigenvalue weighted by Gasteiger charge is 2.42. The first-order valence-corrected chi connectivity index (χ1v) is 10.7. The van der Waals surface area contributed by atoms with Crippen LogP contribution in [0.5, 0.6) is 0 Å². The predicted octanol–water partition coefficient (Wildman–Crippen LogP) is 6.34. The van der Waals surface area contributed by atoms with E-state index >= 15 is 0 Å². The van der Waals surface area contributed by atoms with Crippen LogP contribution >= 0.6 is 0 Å².